The van der Waals surface area contributed by atoms with Gasteiger partial charge in [-0.1, -0.05) is 20.8 Å². The summed E-state index contributed by atoms with van der Waals surface area (Å²) in [6.07, 6.45) is 4.74. The fourth-order valence-electron chi connectivity index (χ4n) is 3.53. The van der Waals surface area contributed by atoms with Crippen molar-refractivity contribution in [2.75, 3.05) is 18.5 Å². The van der Waals surface area contributed by atoms with E-state index in [-0.39, 0.29) is 24.0 Å². The Labute approximate surface area is 168 Å². The Kier molecular flexibility index (Phi) is 6.09. The highest BCUT2D eigenvalue weighted by Crippen LogP contribution is 2.44. The van der Waals surface area contributed by atoms with Gasteiger partial charge in [-0.3, -0.25) is 9.59 Å². The van der Waals surface area contributed by atoms with Gasteiger partial charge in [-0.2, -0.15) is 0 Å². The van der Waals surface area contributed by atoms with Gasteiger partial charge in [0.2, 0.25) is 0 Å². The van der Waals surface area contributed by atoms with E-state index in [1.165, 1.54) is 11.3 Å². The van der Waals surface area contributed by atoms with Crippen molar-refractivity contribution >= 4 is 34.1 Å². The number of carbonyl (C=O) groups is 3. The fraction of sp³-hybridized carbons (Fsp3) is 0.650. The minimum absolute atomic E-state index is 0.129. The van der Waals surface area contributed by atoms with Crippen LogP contribution in [-0.4, -0.2) is 42.1 Å². The maximum Gasteiger partial charge on any atom is 0.329 e. The SMILES string of the molecule is CC(C)(C)[C@@H]1CCc2c(sc(NC(=O)COCC(=O)O)c2C(=O)NC2CC2)C1. The van der Waals surface area contributed by atoms with Crippen LogP contribution in [0.5, 0.6) is 0 Å². The lowest BCUT2D eigenvalue weighted by Gasteiger charge is -2.33. The van der Waals surface area contributed by atoms with Crippen molar-refractivity contribution in [3.63, 3.8) is 0 Å². The summed E-state index contributed by atoms with van der Waals surface area (Å²) in [6.45, 7) is 5.82. The molecule has 1 fully saturated rings. The Morgan fingerprint density at radius 3 is 2.50 bits per heavy atom. The van der Waals surface area contributed by atoms with E-state index in [1.54, 1.807) is 0 Å². The average Bonchev–Trinajstić information content (AvgIpc) is 3.31. The number of rotatable bonds is 7. The molecule has 2 aliphatic carbocycles. The number of fused-ring (bicyclic) bond motifs is 1. The van der Waals surface area contributed by atoms with Gasteiger partial charge in [0.05, 0.1) is 5.56 Å². The average molecular weight is 409 g/mol. The Hall–Kier alpha value is -1.93. The normalized spacial score (nSPS) is 19.0. The summed E-state index contributed by atoms with van der Waals surface area (Å²) < 4.78 is 4.86. The van der Waals surface area contributed by atoms with E-state index in [1.807, 2.05) is 0 Å². The van der Waals surface area contributed by atoms with Crippen molar-refractivity contribution in [3.05, 3.63) is 16.0 Å². The molecule has 2 aliphatic rings. The summed E-state index contributed by atoms with van der Waals surface area (Å²) in [7, 11) is 0. The Morgan fingerprint density at radius 1 is 1.18 bits per heavy atom. The van der Waals surface area contributed by atoms with Crippen LogP contribution in [-0.2, 0) is 27.2 Å². The topological polar surface area (TPSA) is 105 Å². The molecule has 0 bridgehead atoms. The molecule has 1 heterocycles. The molecule has 0 aliphatic heterocycles. The van der Waals surface area contributed by atoms with Crippen molar-refractivity contribution in [2.45, 2.75) is 58.9 Å². The number of amides is 2. The highest BCUT2D eigenvalue weighted by Gasteiger charge is 2.35. The molecule has 1 saturated carbocycles. The zero-order chi connectivity index (χ0) is 20.5. The number of aliphatic carboxylic acids is 1. The number of nitrogens with one attached hydrogen (secondary N) is 2. The van der Waals surface area contributed by atoms with E-state index in [4.69, 9.17) is 9.84 Å². The molecule has 1 atom stereocenters. The molecule has 1 aromatic rings. The predicted octanol–water partition coefficient (Wildman–Crippen LogP) is 2.83. The highest BCUT2D eigenvalue weighted by atomic mass is 32.1. The number of thiophene rings is 1. The lowest BCUT2D eigenvalue weighted by molar-refractivity contribution is -0.143. The smallest absolute Gasteiger partial charge is 0.329 e. The number of carboxylic acids is 1. The molecule has 0 aromatic carbocycles. The highest BCUT2D eigenvalue weighted by molar-refractivity contribution is 7.17. The van der Waals surface area contributed by atoms with E-state index >= 15 is 0 Å². The van der Waals surface area contributed by atoms with E-state index in [0.717, 1.165) is 42.5 Å². The number of ether oxygens (including phenoxy) is 1. The van der Waals surface area contributed by atoms with Crippen LogP contribution in [0.15, 0.2) is 0 Å². The van der Waals surface area contributed by atoms with Gasteiger partial charge < -0.3 is 20.5 Å². The molecule has 8 heteroatoms. The zero-order valence-corrected chi connectivity index (χ0v) is 17.4. The van der Waals surface area contributed by atoms with Gasteiger partial charge >= 0.3 is 5.97 Å². The number of hydrogen-bond acceptors (Lipinski definition) is 5. The lowest BCUT2D eigenvalue weighted by atomic mass is 9.72. The summed E-state index contributed by atoms with van der Waals surface area (Å²) in [5.41, 5.74) is 1.81. The van der Waals surface area contributed by atoms with Crippen LogP contribution in [0.1, 0.15) is 60.8 Å². The molecule has 0 spiro atoms. The van der Waals surface area contributed by atoms with Crippen molar-refractivity contribution in [2.24, 2.45) is 11.3 Å². The first-order valence-corrected chi connectivity index (χ1v) is 10.5. The van der Waals surface area contributed by atoms with Crippen LogP contribution in [0.4, 0.5) is 5.00 Å². The maximum absolute atomic E-state index is 12.8. The molecule has 3 rings (SSSR count). The van der Waals surface area contributed by atoms with Crippen molar-refractivity contribution in [1.29, 1.82) is 0 Å². The largest absolute Gasteiger partial charge is 0.480 e. The van der Waals surface area contributed by atoms with Gasteiger partial charge in [0.1, 0.15) is 18.2 Å². The maximum atomic E-state index is 12.8. The predicted molar refractivity (Wildman–Crippen MR) is 107 cm³/mol. The fourth-order valence-corrected chi connectivity index (χ4v) is 4.87. The second-order valence-electron chi connectivity index (χ2n) is 8.70. The summed E-state index contributed by atoms with van der Waals surface area (Å²) in [5, 5.41) is 15.0. The van der Waals surface area contributed by atoms with E-state index in [2.05, 4.69) is 31.4 Å². The van der Waals surface area contributed by atoms with Crippen LogP contribution in [0.25, 0.3) is 0 Å². The third-order valence-corrected chi connectivity index (χ3v) is 6.51. The van der Waals surface area contributed by atoms with Crippen LogP contribution in [0.3, 0.4) is 0 Å². The Bertz CT molecular complexity index is 776. The summed E-state index contributed by atoms with van der Waals surface area (Å²) in [5.74, 6) is -1.18. The van der Waals surface area contributed by atoms with Crippen LogP contribution >= 0.6 is 11.3 Å². The van der Waals surface area contributed by atoms with Crippen LogP contribution < -0.4 is 10.6 Å². The quantitative estimate of drug-likeness (QED) is 0.643. The van der Waals surface area contributed by atoms with Crippen molar-refractivity contribution in [1.82, 2.24) is 5.32 Å². The van der Waals surface area contributed by atoms with Gasteiger partial charge in [-0.25, -0.2) is 4.79 Å². The number of carboxylic acid groups (broad SMARTS) is 1. The second-order valence-corrected chi connectivity index (χ2v) is 9.80. The Balaban J connectivity index is 1.79. The van der Waals surface area contributed by atoms with E-state index in [0.29, 0.717) is 16.5 Å². The van der Waals surface area contributed by atoms with E-state index in [9.17, 15) is 14.4 Å². The van der Waals surface area contributed by atoms with Gasteiger partial charge in [-0.05, 0) is 49.0 Å². The molecule has 154 valence electrons. The molecule has 0 unspecified atom stereocenters. The molecule has 1 aromatic heterocycles. The third kappa shape index (κ3) is 5.11. The lowest BCUT2D eigenvalue weighted by Crippen LogP contribution is -2.30. The van der Waals surface area contributed by atoms with Crippen LogP contribution in [0, 0.1) is 11.3 Å². The Morgan fingerprint density at radius 2 is 1.89 bits per heavy atom. The minimum atomic E-state index is -1.13. The summed E-state index contributed by atoms with van der Waals surface area (Å²) in [6, 6.07) is 0.233. The zero-order valence-electron chi connectivity index (χ0n) is 16.6. The first-order chi connectivity index (χ1) is 13.1. The number of anilines is 1. The standard InChI is InChI=1S/C20H28N2O5S/c1-20(2,3)11-4-7-13-14(8-11)28-19(17(13)18(26)21-12-5-6-12)22-15(23)9-27-10-16(24)25/h11-12H,4-10H2,1-3H3,(H,21,26)(H,22,23)(H,24,25)/t11-/m1/s1. The summed E-state index contributed by atoms with van der Waals surface area (Å²) in [4.78, 5) is 36.7. The first-order valence-electron chi connectivity index (χ1n) is 9.70. The molecule has 0 saturated heterocycles. The van der Waals surface area contributed by atoms with Gasteiger partial charge in [0.25, 0.3) is 11.8 Å². The van der Waals surface area contributed by atoms with Gasteiger partial charge in [0, 0.05) is 10.9 Å². The number of carbonyl (C=O) groups excluding carboxylic acids is 2. The first kappa shape index (κ1) is 20.8. The van der Waals surface area contributed by atoms with Crippen molar-refractivity contribution in [3.8, 4) is 0 Å². The molecule has 0 radical (unpaired) electrons. The van der Waals surface area contributed by atoms with Gasteiger partial charge in [-0.15, -0.1) is 11.3 Å². The molecule has 2 amide bonds. The molecule has 28 heavy (non-hydrogen) atoms. The second kappa shape index (κ2) is 8.21. The molecular formula is C20H28N2O5S. The minimum Gasteiger partial charge on any atom is -0.480 e. The monoisotopic (exact) mass is 408 g/mol. The van der Waals surface area contributed by atoms with Crippen molar-refractivity contribution < 1.29 is 24.2 Å². The molecule has 3 N–H and O–H groups in total. The number of hydrogen-bond donors (Lipinski definition) is 3. The van der Waals surface area contributed by atoms with Gasteiger partial charge in [0.15, 0.2) is 0 Å². The molecular weight excluding hydrogens is 380 g/mol. The third-order valence-electron chi connectivity index (χ3n) is 5.34. The summed E-state index contributed by atoms with van der Waals surface area (Å²) >= 11 is 1.46. The van der Waals surface area contributed by atoms with Crippen LogP contribution in [0.2, 0.25) is 0 Å². The molecule has 7 nitrogen and oxygen atoms in total. The van der Waals surface area contributed by atoms with E-state index < -0.39 is 18.5 Å².